The Balaban J connectivity index is 1.81. The number of nitrogens with zero attached hydrogens (tertiary/aromatic N) is 2. The monoisotopic (exact) mass is 313 g/mol. The van der Waals surface area contributed by atoms with Crippen molar-refractivity contribution in [1.82, 2.24) is 9.97 Å². The van der Waals surface area contributed by atoms with Gasteiger partial charge in [0.05, 0.1) is 7.11 Å². The molecular formula is C17H16ClN3O. The van der Waals surface area contributed by atoms with Crippen molar-refractivity contribution in [3.8, 4) is 5.75 Å². The molecule has 3 aromatic rings. The molecule has 2 aromatic carbocycles. The van der Waals surface area contributed by atoms with Crippen LogP contribution >= 0.6 is 11.6 Å². The lowest BCUT2D eigenvalue weighted by atomic mass is 10.0. The van der Waals surface area contributed by atoms with E-state index < -0.39 is 0 Å². The molecule has 0 aliphatic carbocycles. The molecular weight excluding hydrogens is 298 g/mol. The third-order valence-electron chi connectivity index (χ3n) is 3.53. The van der Waals surface area contributed by atoms with Crippen LogP contribution in [-0.4, -0.2) is 23.6 Å². The summed E-state index contributed by atoms with van der Waals surface area (Å²) in [6.45, 7) is 0.734. The molecule has 0 fully saturated rings. The van der Waals surface area contributed by atoms with Gasteiger partial charge in [0.15, 0.2) is 0 Å². The lowest BCUT2D eigenvalue weighted by Gasteiger charge is -2.13. The topological polar surface area (TPSA) is 47.0 Å². The Hall–Kier alpha value is -2.33. The van der Waals surface area contributed by atoms with Gasteiger partial charge < -0.3 is 10.1 Å². The lowest BCUT2D eigenvalue weighted by molar-refractivity contribution is 0.411. The average Bonchev–Trinajstić information content (AvgIpc) is 2.55. The highest BCUT2D eigenvalue weighted by Crippen LogP contribution is 2.28. The number of benzene rings is 2. The van der Waals surface area contributed by atoms with E-state index >= 15 is 0 Å². The maximum atomic E-state index is 5.86. The molecule has 4 nitrogen and oxygen atoms in total. The Bertz CT molecular complexity index is 792. The number of fused-ring (bicyclic) bond motifs is 1. The highest BCUT2D eigenvalue weighted by atomic mass is 35.5. The number of rotatable bonds is 5. The third kappa shape index (κ3) is 3.12. The van der Waals surface area contributed by atoms with Crippen LogP contribution in [-0.2, 0) is 6.42 Å². The van der Waals surface area contributed by atoms with Crippen LogP contribution < -0.4 is 10.1 Å². The van der Waals surface area contributed by atoms with Crippen LogP contribution in [0.15, 0.2) is 48.8 Å². The van der Waals surface area contributed by atoms with E-state index in [1.165, 1.54) is 22.7 Å². The second-order valence-corrected chi connectivity index (χ2v) is 5.26. The summed E-state index contributed by atoms with van der Waals surface area (Å²) < 4.78 is 5.50. The van der Waals surface area contributed by atoms with Gasteiger partial charge in [-0.25, -0.2) is 9.97 Å². The van der Waals surface area contributed by atoms with Gasteiger partial charge in [-0.15, -0.1) is 0 Å². The molecule has 0 unspecified atom stereocenters. The van der Waals surface area contributed by atoms with Crippen LogP contribution in [0.25, 0.3) is 10.8 Å². The van der Waals surface area contributed by atoms with Gasteiger partial charge in [0.2, 0.25) is 0 Å². The van der Waals surface area contributed by atoms with Crippen LogP contribution in [0.3, 0.4) is 0 Å². The van der Waals surface area contributed by atoms with E-state index in [4.69, 9.17) is 16.3 Å². The van der Waals surface area contributed by atoms with E-state index in [-0.39, 0.29) is 0 Å². The standard InChI is InChI=1S/C17H16ClN3O/c1-22-15-7-6-12-4-2-3-5-13(12)14(15)8-9-19-17-10-16(18)20-11-21-17/h2-7,10-11H,8-9H2,1H3,(H,19,20,21). The van der Waals surface area contributed by atoms with E-state index in [0.29, 0.717) is 5.15 Å². The maximum absolute atomic E-state index is 5.86. The Labute approximate surface area is 134 Å². The smallest absolute Gasteiger partial charge is 0.134 e. The highest BCUT2D eigenvalue weighted by Gasteiger charge is 2.08. The van der Waals surface area contributed by atoms with Gasteiger partial charge in [-0.2, -0.15) is 0 Å². The predicted molar refractivity (Wildman–Crippen MR) is 89.7 cm³/mol. The lowest BCUT2D eigenvalue weighted by Crippen LogP contribution is -2.07. The average molecular weight is 314 g/mol. The molecule has 0 aliphatic heterocycles. The molecule has 0 saturated carbocycles. The summed E-state index contributed by atoms with van der Waals surface area (Å²) >= 11 is 5.86. The molecule has 0 bridgehead atoms. The van der Waals surface area contributed by atoms with Gasteiger partial charge in [-0.1, -0.05) is 41.9 Å². The summed E-state index contributed by atoms with van der Waals surface area (Å²) in [5.41, 5.74) is 1.19. The number of hydrogen-bond acceptors (Lipinski definition) is 4. The van der Waals surface area contributed by atoms with E-state index in [1.54, 1.807) is 13.2 Å². The summed E-state index contributed by atoms with van der Waals surface area (Å²) in [6, 6.07) is 14.1. The zero-order valence-corrected chi connectivity index (χ0v) is 13.0. The summed E-state index contributed by atoms with van der Waals surface area (Å²) in [6.07, 6.45) is 2.27. The quantitative estimate of drug-likeness (QED) is 0.725. The minimum absolute atomic E-state index is 0.431. The molecule has 22 heavy (non-hydrogen) atoms. The largest absolute Gasteiger partial charge is 0.496 e. The number of ether oxygens (including phenoxy) is 1. The summed E-state index contributed by atoms with van der Waals surface area (Å²) in [5, 5.41) is 6.11. The normalized spacial score (nSPS) is 10.6. The van der Waals surface area contributed by atoms with E-state index in [1.807, 2.05) is 18.2 Å². The Morgan fingerprint density at radius 2 is 2.00 bits per heavy atom. The second kappa shape index (κ2) is 6.62. The van der Waals surface area contributed by atoms with Gasteiger partial charge in [-0.3, -0.25) is 0 Å². The van der Waals surface area contributed by atoms with Gasteiger partial charge in [0, 0.05) is 18.2 Å². The fourth-order valence-corrected chi connectivity index (χ4v) is 2.66. The van der Waals surface area contributed by atoms with Crippen LogP contribution in [0.1, 0.15) is 5.56 Å². The predicted octanol–water partition coefficient (Wildman–Crippen LogP) is 3.95. The molecule has 3 rings (SSSR count). The summed E-state index contributed by atoms with van der Waals surface area (Å²) in [5.74, 6) is 1.63. The number of halogens is 1. The number of anilines is 1. The zero-order chi connectivity index (χ0) is 15.4. The fourth-order valence-electron chi connectivity index (χ4n) is 2.51. The van der Waals surface area contributed by atoms with Crippen molar-refractivity contribution in [1.29, 1.82) is 0 Å². The first-order valence-corrected chi connectivity index (χ1v) is 7.42. The van der Waals surface area contributed by atoms with Crippen molar-refractivity contribution < 1.29 is 4.74 Å². The maximum Gasteiger partial charge on any atom is 0.134 e. The van der Waals surface area contributed by atoms with Gasteiger partial charge in [-0.05, 0) is 23.3 Å². The summed E-state index contributed by atoms with van der Waals surface area (Å²) in [4.78, 5) is 8.01. The van der Waals surface area contributed by atoms with Gasteiger partial charge >= 0.3 is 0 Å². The zero-order valence-electron chi connectivity index (χ0n) is 12.2. The SMILES string of the molecule is COc1ccc2ccccc2c1CCNc1cc(Cl)ncn1. The Morgan fingerprint density at radius 3 is 2.82 bits per heavy atom. The van der Waals surface area contributed by atoms with Crippen LogP contribution in [0.2, 0.25) is 5.15 Å². The molecule has 0 amide bonds. The molecule has 112 valence electrons. The van der Waals surface area contributed by atoms with Crippen molar-refractivity contribution in [2.75, 3.05) is 19.0 Å². The molecule has 1 N–H and O–H groups in total. The molecule has 0 radical (unpaired) electrons. The Morgan fingerprint density at radius 1 is 1.14 bits per heavy atom. The van der Waals surface area contributed by atoms with E-state index in [0.717, 1.165) is 24.5 Å². The molecule has 0 spiro atoms. The molecule has 1 heterocycles. The highest BCUT2D eigenvalue weighted by molar-refractivity contribution is 6.29. The number of hydrogen-bond donors (Lipinski definition) is 1. The Kier molecular flexibility index (Phi) is 4.39. The minimum atomic E-state index is 0.431. The first kappa shape index (κ1) is 14.6. The van der Waals surface area contributed by atoms with Crippen molar-refractivity contribution in [3.63, 3.8) is 0 Å². The number of aromatic nitrogens is 2. The van der Waals surface area contributed by atoms with Crippen molar-refractivity contribution in [2.45, 2.75) is 6.42 Å². The van der Waals surface area contributed by atoms with Crippen LogP contribution in [0.5, 0.6) is 5.75 Å². The second-order valence-electron chi connectivity index (χ2n) is 4.87. The van der Waals surface area contributed by atoms with E-state index in [2.05, 4.69) is 33.5 Å². The fraction of sp³-hybridized carbons (Fsp3) is 0.176. The van der Waals surface area contributed by atoms with Gasteiger partial charge in [0.1, 0.15) is 23.0 Å². The molecule has 0 atom stereocenters. The van der Waals surface area contributed by atoms with Crippen LogP contribution in [0, 0.1) is 0 Å². The molecule has 5 heteroatoms. The van der Waals surface area contributed by atoms with Crippen LogP contribution in [0.4, 0.5) is 5.82 Å². The third-order valence-corrected chi connectivity index (χ3v) is 3.74. The number of nitrogens with one attached hydrogen (secondary N) is 1. The van der Waals surface area contributed by atoms with Crippen molar-refractivity contribution >= 4 is 28.2 Å². The van der Waals surface area contributed by atoms with E-state index in [9.17, 15) is 0 Å². The molecule has 0 aliphatic rings. The van der Waals surface area contributed by atoms with Gasteiger partial charge in [0.25, 0.3) is 0 Å². The molecule has 0 saturated heterocycles. The molecule has 1 aromatic heterocycles. The van der Waals surface area contributed by atoms with Crippen molar-refractivity contribution in [2.24, 2.45) is 0 Å². The number of methoxy groups -OCH3 is 1. The summed E-state index contributed by atoms with van der Waals surface area (Å²) in [7, 11) is 1.70. The first-order chi connectivity index (χ1) is 10.8. The first-order valence-electron chi connectivity index (χ1n) is 7.04. The van der Waals surface area contributed by atoms with Crippen molar-refractivity contribution in [3.05, 3.63) is 59.5 Å². The minimum Gasteiger partial charge on any atom is -0.496 e.